The number of piperidine rings is 2. The average molecular weight is 374 g/mol. The van der Waals surface area contributed by atoms with E-state index in [0.717, 1.165) is 37.6 Å². The van der Waals surface area contributed by atoms with Gasteiger partial charge in [-0.3, -0.25) is 9.59 Å². The van der Waals surface area contributed by atoms with Crippen molar-refractivity contribution in [2.75, 3.05) is 36.0 Å². The second-order valence-corrected chi connectivity index (χ2v) is 8.21. The molecule has 2 heterocycles. The number of fused-ring (bicyclic) bond motifs is 2. The first-order chi connectivity index (χ1) is 13.7. The Hall–Kier alpha value is -2.62. The lowest BCUT2D eigenvalue weighted by Crippen LogP contribution is -2.31. The molecule has 0 aromatic heterocycles. The average Bonchev–Trinajstić information content (AvgIpc) is 2.78. The van der Waals surface area contributed by atoms with Crippen LogP contribution in [0.1, 0.15) is 70.4 Å². The highest BCUT2D eigenvalue weighted by molar-refractivity contribution is 6.28. The summed E-state index contributed by atoms with van der Waals surface area (Å²) >= 11 is 0. The maximum atomic E-state index is 13.3. The van der Waals surface area contributed by atoms with Crippen LogP contribution in [0.2, 0.25) is 0 Å². The Balaban J connectivity index is 1.52. The van der Waals surface area contributed by atoms with Crippen LogP contribution in [-0.2, 0) is 0 Å². The van der Waals surface area contributed by atoms with Gasteiger partial charge in [0.2, 0.25) is 0 Å². The summed E-state index contributed by atoms with van der Waals surface area (Å²) in [6, 6.07) is 11.6. The fraction of sp³-hybridized carbons (Fsp3) is 0.417. The molecule has 2 aliphatic heterocycles. The molecule has 0 amide bonds. The quantitative estimate of drug-likeness (QED) is 0.665. The van der Waals surface area contributed by atoms with Gasteiger partial charge in [0.1, 0.15) is 0 Å². The van der Waals surface area contributed by atoms with Gasteiger partial charge >= 0.3 is 0 Å². The number of carbonyl (C=O) groups is 2. The summed E-state index contributed by atoms with van der Waals surface area (Å²) in [5, 5.41) is 0. The molecule has 0 atom stereocenters. The molecule has 3 aliphatic rings. The van der Waals surface area contributed by atoms with Crippen molar-refractivity contribution in [3.05, 3.63) is 58.7 Å². The van der Waals surface area contributed by atoms with E-state index in [0.29, 0.717) is 22.3 Å². The third kappa shape index (κ3) is 2.92. The molecule has 28 heavy (non-hydrogen) atoms. The Morgan fingerprint density at radius 3 is 1.32 bits per heavy atom. The minimum atomic E-state index is -0.0278. The molecule has 4 heteroatoms. The first kappa shape index (κ1) is 17.5. The van der Waals surface area contributed by atoms with Gasteiger partial charge in [-0.05, 0) is 74.9 Å². The van der Waals surface area contributed by atoms with Gasteiger partial charge in [0.15, 0.2) is 11.6 Å². The predicted octanol–water partition coefficient (Wildman–Crippen LogP) is 4.44. The lowest BCUT2D eigenvalue weighted by molar-refractivity contribution is 0.0979. The molecule has 2 fully saturated rings. The molecule has 2 saturated heterocycles. The van der Waals surface area contributed by atoms with Crippen LogP contribution in [0.3, 0.4) is 0 Å². The number of nitrogens with zero attached hydrogens (tertiary/aromatic N) is 2. The van der Waals surface area contributed by atoms with Gasteiger partial charge in [0, 0.05) is 59.8 Å². The van der Waals surface area contributed by atoms with E-state index >= 15 is 0 Å². The fourth-order valence-corrected chi connectivity index (χ4v) is 4.82. The molecule has 0 saturated carbocycles. The van der Waals surface area contributed by atoms with Gasteiger partial charge in [0.05, 0.1) is 0 Å². The third-order valence-corrected chi connectivity index (χ3v) is 6.43. The zero-order valence-corrected chi connectivity index (χ0v) is 16.2. The Morgan fingerprint density at radius 2 is 0.893 bits per heavy atom. The van der Waals surface area contributed by atoms with Crippen LogP contribution in [0.15, 0.2) is 36.4 Å². The van der Waals surface area contributed by atoms with Gasteiger partial charge in [-0.1, -0.05) is 0 Å². The van der Waals surface area contributed by atoms with Crippen LogP contribution in [0.4, 0.5) is 11.4 Å². The normalized spacial score (nSPS) is 19.4. The lowest BCUT2D eigenvalue weighted by atomic mass is 9.83. The minimum absolute atomic E-state index is 0.0117. The maximum absolute atomic E-state index is 13.3. The molecule has 0 bridgehead atoms. The number of benzene rings is 2. The maximum Gasteiger partial charge on any atom is 0.194 e. The third-order valence-electron chi connectivity index (χ3n) is 6.43. The monoisotopic (exact) mass is 374 g/mol. The molecular weight excluding hydrogens is 348 g/mol. The Labute approximate surface area is 166 Å². The molecule has 0 spiro atoms. The van der Waals surface area contributed by atoms with Gasteiger partial charge in [-0.15, -0.1) is 0 Å². The molecule has 2 aromatic carbocycles. The number of carbonyl (C=O) groups excluding carboxylic acids is 2. The summed E-state index contributed by atoms with van der Waals surface area (Å²) < 4.78 is 0. The standard InChI is InChI=1S/C24H26N2O2/c27-23-19-9-7-17(25-11-3-1-4-12-25)15-21(19)24(28)22-16-18(8-10-20(22)23)26-13-5-2-6-14-26/h7-10,15-16H,1-6,11-14H2. The predicted molar refractivity (Wildman–Crippen MR) is 112 cm³/mol. The first-order valence-electron chi connectivity index (χ1n) is 10.6. The van der Waals surface area contributed by atoms with Crippen molar-refractivity contribution in [2.45, 2.75) is 38.5 Å². The molecular formula is C24H26N2O2. The summed E-state index contributed by atoms with van der Waals surface area (Å²) in [5.74, 6) is -0.0395. The zero-order chi connectivity index (χ0) is 19.1. The molecule has 0 unspecified atom stereocenters. The van der Waals surface area contributed by atoms with Crippen LogP contribution >= 0.6 is 0 Å². The molecule has 2 aromatic rings. The van der Waals surface area contributed by atoms with E-state index in [4.69, 9.17) is 0 Å². The molecule has 4 nitrogen and oxygen atoms in total. The molecule has 1 aliphatic carbocycles. The number of hydrogen-bond acceptors (Lipinski definition) is 4. The van der Waals surface area contributed by atoms with Gasteiger partial charge in [0.25, 0.3) is 0 Å². The van der Waals surface area contributed by atoms with Gasteiger partial charge in [-0.25, -0.2) is 0 Å². The van der Waals surface area contributed by atoms with Crippen LogP contribution in [0.5, 0.6) is 0 Å². The highest BCUT2D eigenvalue weighted by atomic mass is 16.1. The number of anilines is 2. The molecule has 0 N–H and O–H groups in total. The van der Waals surface area contributed by atoms with Gasteiger partial charge < -0.3 is 9.80 Å². The Morgan fingerprint density at radius 1 is 0.500 bits per heavy atom. The van der Waals surface area contributed by atoms with Crippen LogP contribution in [0, 0.1) is 0 Å². The van der Waals surface area contributed by atoms with E-state index in [1.807, 2.05) is 36.4 Å². The Kier molecular flexibility index (Phi) is 4.42. The van der Waals surface area contributed by atoms with Crippen molar-refractivity contribution in [3.8, 4) is 0 Å². The smallest absolute Gasteiger partial charge is 0.194 e. The van der Waals surface area contributed by atoms with Gasteiger partial charge in [-0.2, -0.15) is 0 Å². The summed E-state index contributed by atoms with van der Waals surface area (Å²) in [6.45, 7) is 4.10. The molecule has 0 radical (unpaired) electrons. The summed E-state index contributed by atoms with van der Waals surface area (Å²) in [6.07, 6.45) is 7.28. The summed E-state index contributed by atoms with van der Waals surface area (Å²) in [7, 11) is 0. The highest BCUT2D eigenvalue weighted by Crippen LogP contribution is 2.33. The van der Waals surface area contributed by atoms with E-state index in [-0.39, 0.29) is 11.6 Å². The Bertz CT molecular complexity index is 864. The lowest BCUT2D eigenvalue weighted by Gasteiger charge is -2.31. The fourth-order valence-electron chi connectivity index (χ4n) is 4.82. The summed E-state index contributed by atoms with van der Waals surface area (Å²) in [5.41, 5.74) is 4.35. The number of hydrogen-bond donors (Lipinski definition) is 0. The van der Waals surface area contributed by atoms with Crippen molar-refractivity contribution in [1.82, 2.24) is 0 Å². The SMILES string of the molecule is O=C1c2ccc(N3CCCCC3)cc2C(=O)c2cc(N3CCCCC3)ccc21. The van der Waals surface area contributed by atoms with Crippen LogP contribution < -0.4 is 9.80 Å². The van der Waals surface area contributed by atoms with Crippen molar-refractivity contribution in [2.24, 2.45) is 0 Å². The van der Waals surface area contributed by atoms with E-state index in [2.05, 4.69) is 9.80 Å². The van der Waals surface area contributed by atoms with E-state index in [9.17, 15) is 9.59 Å². The number of ketones is 2. The van der Waals surface area contributed by atoms with Crippen molar-refractivity contribution >= 4 is 22.9 Å². The van der Waals surface area contributed by atoms with Crippen LogP contribution in [-0.4, -0.2) is 37.7 Å². The van der Waals surface area contributed by atoms with E-state index in [1.165, 1.54) is 38.5 Å². The molecule has 5 rings (SSSR count). The topological polar surface area (TPSA) is 40.6 Å². The van der Waals surface area contributed by atoms with Crippen molar-refractivity contribution in [1.29, 1.82) is 0 Å². The molecule has 144 valence electrons. The van der Waals surface area contributed by atoms with Crippen LogP contribution in [0.25, 0.3) is 0 Å². The second-order valence-electron chi connectivity index (χ2n) is 8.21. The first-order valence-corrected chi connectivity index (χ1v) is 10.6. The summed E-state index contributed by atoms with van der Waals surface area (Å²) in [4.78, 5) is 31.1. The van der Waals surface area contributed by atoms with Crippen molar-refractivity contribution in [3.63, 3.8) is 0 Å². The highest BCUT2D eigenvalue weighted by Gasteiger charge is 2.31. The second kappa shape index (κ2) is 7.08. The number of rotatable bonds is 2. The van der Waals surface area contributed by atoms with Crippen molar-refractivity contribution < 1.29 is 9.59 Å². The van der Waals surface area contributed by atoms with E-state index < -0.39 is 0 Å². The zero-order valence-electron chi connectivity index (χ0n) is 16.2. The van der Waals surface area contributed by atoms with E-state index in [1.54, 1.807) is 0 Å². The minimum Gasteiger partial charge on any atom is -0.372 e. The largest absolute Gasteiger partial charge is 0.372 e.